The van der Waals surface area contributed by atoms with Crippen LogP contribution in [0.5, 0.6) is 5.75 Å². The van der Waals surface area contributed by atoms with Crippen molar-refractivity contribution in [1.82, 2.24) is 5.32 Å². The Morgan fingerprint density at radius 1 is 1.20 bits per heavy atom. The van der Waals surface area contributed by atoms with Gasteiger partial charge in [0.15, 0.2) is 6.10 Å². The van der Waals surface area contributed by atoms with Crippen molar-refractivity contribution < 1.29 is 9.53 Å². The molecule has 0 aliphatic carbocycles. The third kappa shape index (κ3) is 6.63. The van der Waals surface area contributed by atoms with Gasteiger partial charge in [-0.05, 0) is 55.7 Å². The number of thioether (sulfide) groups is 1. The molecule has 0 radical (unpaired) electrons. The van der Waals surface area contributed by atoms with Crippen molar-refractivity contribution in [2.75, 3.05) is 12.3 Å². The summed E-state index contributed by atoms with van der Waals surface area (Å²) in [6.07, 6.45) is -0.519. The normalized spacial score (nSPS) is 11.8. The molecule has 0 saturated carbocycles. The van der Waals surface area contributed by atoms with Crippen molar-refractivity contribution in [2.24, 2.45) is 0 Å². The quantitative estimate of drug-likeness (QED) is 0.673. The molecule has 0 unspecified atom stereocenters. The van der Waals surface area contributed by atoms with Crippen LogP contribution in [-0.4, -0.2) is 24.3 Å². The lowest BCUT2D eigenvalue weighted by Gasteiger charge is -2.15. The van der Waals surface area contributed by atoms with E-state index < -0.39 is 6.10 Å². The maximum absolute atomic E-state index is 12.1. The number of hydrogen-bond donors (Lipinski definition) is 1. The molecule has 1 atom stereocenters. The number of amides is 1. The Morgan fingerprint density at radius 2 is 1.88 bits per heavy atom. The molecule has 0 aliphatic rings. The molecule has 2 aromatic rings. The Balaban J connectivity index is 1.70. The van der Waals surface area contributed by atoms with Crippen LogP contribution in [0.15, 0.2) is 42.5 Å². The summed E-state index contributed by atoms with van der Waals surface area (Å²) in [6.45, 7) is 6.40. The summed E-state index contributed by atoms with van der Waals surface area (Å²) in [5.41, 5.74) is 3.36. The van der Waals surface area contributed by atoms with Crippen molar-refractivity contribution in [3.05, 3.63) is 64.2 Å². The molecule has 134 valence electrons. The predicted molar refractivity (Wildman–Crippen MR) is 107 cm³/mol. The van der Waals surface area contributed by atoms with Gasteiger partial charge in [-0.15, -0.1) is 0 Å². The molecule has 0 bridgehead atoms. The van der Waals surface area contributed by atoms with Gasteiger partial charge in [0.05, 0.1) is 0 Å². The first-order chi connectivity index (χ1) is 12.0. The van der Waals surface area contributed by atoms with Crippen LogP contribution >= 0.6 is 23.4 Å². The van der Waals surface area contributed by atoms with E-state index >= 15 is 0 Å². The molecule has 25 heavy (non-hydrogen) atoms. The lowest BCUT2D eigenvalue weighted by molar-refractivity contribution is -0.127. The second kappa shape index (κ2) is 9.73. The van der Waals surface area contributed by atoms with Crippen molar-refractivity contribution in [3.8, 4) is 5.75 Å². The van der Waals surface area contributed by atoms with Gasteiger partial charge in [-0.3, -0.25) is 4.79 Å². The van der Waals surface area contributed by atoms with Crippen molar-refractivity contribution in [1.29, 1.82) is 0 Å². The molecule has 0 heterocycles. The number of nitrogens with one attached hydrogen (secondary N) is 1. The minimum Gasteiger partial charge on any atom is -0.481 e. The summed E-state index contributed by atoms with van der Waals surface area (Å²) in [5.74, 6) is 2.29. The van der Waals surface area contributed by atoms with Crippen molar-refractivity contribution >= 4 is 29.3 Å². The summed E-state index contributed by atoms with van der Waals surface area (Å²) in [7, 11) is 0. The van der Waals surface area contributed by atoms with E-state index in [0.717, 1.165) is 39.0 Å². The van der Waals surface area contributed by atoms with Gasteiger partial charge in [0.1, 0.15) is 5.75 Å². The summed E-state index contributed by atoms with van der Waals surface area (Å²) >= 11 is 7.87. The van der Waals surface area contributed by atoms with Gasteiger partial charge in [0, 0.05) is 23.1 Å². The SMILES string of the molecule is Cc1cc(C)cc(O[C@H](C)C(=O)NCCSCc2ccccc2Cl)c1. The summed E-state index contributed by atoms with van der Waals surface area (Å²) in [5, 5.41) is 3.70. The number of aryl methyl sites for hydroxylation is 2. The van der Waals surface area contributed by atoms with Gasteiger partial charge < -0.3 is 10.1 Å². The third-order valence-corrected chi connectivity index (χ3v) is 5.01. The average Bonchev–Trinajstić information content (AvgIpc) is 2.55. The molecule has 2 aromatic carbocycles. The minimum atomic E-state index is -0.519. The van der Waals surface area contributed by atoms with E-state index in [2.05, 4.69) is 11.4 Å². The van der Waals surface area contributed by atoms with Crippen LogP contribution in [0.25, 0.3) is 0 Å². The number of benzene rings is 2. The van der Waals surface area contributed by atoms with Crippen LogP contribution < -0.4 is 10.1 Å². The zero-order valence-electron chi connectivity index (χ0n) is 14.8. The highest BCUT2D eigenvalue weighted by Gasteiger charge is 2.14. The molecular formula is C20H24ClNO2S. The first-order valence-electron chi connectivity index (χ1n) is 8.29. The van der Waals surface area contributed by atoms with Gasteiger partial charge in [-0.25, -0.2) is 0 Å². The Kier molecular flexibility index (Phi) is 7.66. The molecular weight excluding hydrogens is 354 g/mol. The van der Waals surface area contributed by atoms with Gasteiger partial charge in [0.2, 0.25) is 0 Å². The van der Waals surface area contributed by atoms with Gasteiger partial charge in [0.25, 0.3) is 5.91 Å². The highest BCUT2D eigenvalue weighted by atomic mass is 35.5. The minimum absolute atomic E-state index is 0.0995. The van der Waals surface area contributed by atoms with Crippen LogP contribution in [-0.2, 0) is 10.5 Å². The second-order valence-corrected chi connectivity index (χ2v) is 7.53. The molecule has 0 spiro atoms. The molecule has 5 heteroatoms. The van der Waals surface area contributed by atoms with Crippen molar-refractivity contribution in [3.63, 3.8) is 0 Å². The Morgan fingerprint density at radius 3 is 2.56 bits per heavy atom. The number of carbonyl (C=O) groups is 1. The van der Waals surface area contributed by atoms with Crippen LogP contribution in [0, 0.1) is 13.8 Å². The molecule has 3 nitrogen and oxygen atoms in total. The summed E-state index contributed by atoms with van der Waals surface area (Å²) < 4.78 is 5.74. The van der Waals surface area contributed by atoms with Gasteiger partial charge >= 0.3 is 0 Å². The maximum Gasteiger partial charge on any atom is 0.260 e. The van der Waals surface area contributed by atoms with Crippen LogP contribution in [0.3, 0.4) is 0 Å². The van der Waals surface area contributed by atoms with E-state index in [-0.39, 0.29) is 5.91 Å². The van der Waals surface area contributed by atoms with Crippen molar-refractivity contribution in [2.45, 2.75) is 32.6 Å². The lowest BCUT2D eigenvalue weighted by Crippen LogP contribution is -2.37. The lowest BCUT2D eigenvalue weighted by atomic mass is 10.1. The molecule has 0 aliphatic heterocycles. The first-order valence-corrected chi connectivity index (χ1v) is 9.83. The van der Waals surface area contributed by atoms with E-state index in [0.29, 0.717) is 6.54 Å². The van der Waals surface area contributed by atoms with Crippen LogP contribution in [0.4, 0.5) is 0 Å². The zero-order valence-corrected chi connectivity index (χ0v) is 16.4. The zero-order chi connectivity index (χ0) is 18.2. The van der Waals surface area contributed by atoms with Gasteiger partial charge in [-0.1, -0.05) is 35.9 Å². The molecule has 0 aromatic heterocycles. The standard InChI is InChI=1S/C20H24ClNO2S/c1-14-10-15(2)12-18(11-14)24-16(3)20(23)22-8-9-25-13-17-6-4-5-7-19(17)21/h4-7,10-12,16H,8-9,13H2,1-3H3,(H,22,23)/t16-/m1/s1. The maximum atomic E-state index is 12.1. The fourth-order valence-corrected chi connectivity index (χ4v) is 3.59. The smallest absolute Gasteiger partial charge is 0.260 e. The van der Waals surface area contributed by atoms with E-state index in [4.69, 9.17) is 16.3 Å². The summed E-state index contributed by atoms with van der Waals surface area (Å²) in [6, 6.07) is 13.8. The number of hydrogen-bond acceptors (Lipinski definition) is 3. The number of halogens is 1. The first kappa shape index (κ1) is 19.7. The monoisotopic (exact) mass is 377 g/mol. The van der Waals surface area contributed by atoms with Crippen LogP contribution in [0.2, 0.25) is 5.02 Å². The van der Waals surface area contributed by atoms with E-state index in [9.17, 15) is 4.79 Å². The molecule has 0 saturated heterocycles. The fraction of sp³-hybridized carbons (Fsp3) is 0.350. The van der Waals surface area contributed by atoms with E-state index in [1.165, 1.54) is 0 Å². The predicted octanol–water partition coefficient (Wildman–Crippen LogP) is 4.77. The highest BCUT2D eigenvalue weighted by Crippen LogP contribution is 2.20. The van der Waals surface area contributed by atoms with Crippen LogP contribution in [0.1, 0.15) is 23.6 Å². The number of carbonyl (C=O) groups excluding carboxylic acids is 1. The largest absolute Gasteiger partial charge is 0.481 e. The molecule has 1 amide bonds. The summed E-state index contributed by atoms with van der Waals surface area (Å²) in [4.78, 5) is 12.1. The molecule has 1 N–H and O–H groups in total. The Hall–Kier alpha value is -1.65. The van der Waals surface area contributed by atoms with E-state index in [1.807, 2.05) is 50.2 Å². The third-order valence-electron chi connectivity index (χ3n) is 3.64. The number of rotatable bonds is 8. The van der Waals surface area contributed by atoms with E-state index in [1.54, 1.807) is 18.7 Å². The molecule has 0 fully saturated rings. The topological polar surface area (TPSA) is 38.3 Å². The van der Waals surface area contributed by atoms with Gasteiger partial charge in [-0.2, -0.15) is 11.8 Å². The Labute approximate surface area is 159 Å². The number of ether oxygens (including phenoxy) is 1. The molecule has 2 rings (SSSR count). The average molecular weight is 378 g/mol. The fourth-order valence-electron chi connectivity index (χ4n) is 2.45. The highest BCUT2D eigenvalue weighted by molar-refractivity contribution is 7.98. The Bertz CT molecular complexity index is 700. The second-order valence-electron chi connectivity index (χ2n) is 6.02.